The van der Waals surface area contributed by atoms with Crippen LogP contribution in [0.1, 0.15) is 80.3 Å². The number of ether oxygens (including phenoxy) is 3. The number of benzene rings is 2. The van der Waals surface area contributed by atoms with Crippen LogP contribution in [0.2, 0.25) is 5.02 Å². The highest BCUT2D eigenvalue weighted by Crippen LogP contribution is 2.46. The molecule has 1 amide bonds. The zero-order chi connectivity index (χ0) is 36.6. The van der Waals surface area contributed by atoms with Gasteiger partial charge in [0.05, 0.1) is 30.2 Å². The molecule has 10 nitrogen and oxygen atoms in total. The van der Waals surface area contributed by atoms with E-state index in [2.05, 4.69) is 33.5 Å². The molecule has 52 heavy (non-hydrogen) atoms. The second-order valence-corrected chi connectivity index (χ2v) is 18.8. The van der Waals surface area contributed by atoms with Crippen LogP contribution in [0.3, 0.4) is 0 Å². The van der Waals surface area contributed by atoms with E-state index in [1.54, 1.807) is 13.0 Å². The van der Waals surface area contributed by atoms with Gasteiger partial charge in [0, 0.05) is 48.7 Å². The highest BCUT2D eigenvalue weighted by molar-refractivity contribution is 7.90. The Hall–Kier alpha value is -2.41. The molecule has 0 aromatic heterocycles. The summed E-state index contributed by atoms with van der Waals surface area (Å²) in [6, 6.07) is 12.2. The largest absolute Gasteiger partial charge is 0.487 e. The lowest BCUT2D eigenvalue weighted by atomic mass is 9.65. The molecule has 2 bridgehead atoms. The number of amides is 1. The van der Waals surface area contributed by atoms with Crippen LogP contribution in [0.25, 0.3) is 0 Å². The average molecular weight is 757 g/mol. The molecule has 5 atom stereocenters. The van der Waals surface area contributed by atoms with Crippen LogP contribution in [0, 0.1) is 23.7 Å². The van der Waals surface area contributed by atoms with Crippen molar-refractivity contribution in [3.63, 3.8) is 0 Å². The van der Waals surface area contributed by atoms with Crippen molar-refractivity contribution in [1.82, 2.24) is 14.5 Å². The van der Waals surface area contributed by atoms with Crippen LogP contribution in [0.15, 0.2) is 36.4 Å². The number of sulfonamides is 1. The Kier molecular flexibility index (Phi) is 11.8. The Morgan fingerprint density at radius 2 is 1.67 bits per heavy atom. The van der Waals surface area contributed by atoms with Crippen molar-refractivity contribution in [2.45, 2.75) is 95.4 Å². The number of carbonyl (C=O) groups excluding carboxylic acids is 1. The molecule has 2 saturated heterocycles. The maximum Gasteiger partial charge on any atom is 0.264 e. The van der Waals surface area contributed by atoms with Crippen LogP contribution >= 0.6 is 11.6 Å². The molecular formula is C40H57ClN4O6S. The normalized spacial score (nSPS) is 32.2. The van der Waals surface area contributed by atoms with Crippen LogP contribution in [-0.2, 0) is 32.5 Å². The first kappa shape index (κ1) is 37.9. The second-order valence-electron chi connectivity index (χ2n) is 16.3. The summed E-state index contributed by atoms with van der Waals surface area (Å²) < 4.78 is 49.2. The van der Waals surface area contributed by atoms with Crippen molar-refractivity contribution >= 4 is 33.2 Å². The summed E-state index contributed by atoms with van der Waals surface area (Å²) in [5, 5.41) is -0.00191. The molecule has 1 aliphatic carbocycles. The molecule has 0 radical (unpaired) electrons. The number of fused-ring (bicyclic) bond motifs is 3. The Balaban J connectivity index is 1.17. The smallest absolute Gasteiger partial charge is 0.264 e. The molecule has 2 aromatic carbocycles. The highest BCUT2D eigenvalue weighted by Gasteiger charge is 2.45. The molecule has 3 fully saturated rings. The second kappa shape index (κ2) is 16.1. The van der Waals surface area contributed by atoms with E-state index < -0.39 is 21.2 Å². The lowest BCUT2D eigenvalue weighted by molar-refractivity contribution is -0.248. The summed E-state index contributed by atoms with van der Waals surface area (Å²) in [6.07, 6.45) is 7.36. The first-order valence-corrected chi connectivity index (χ1v) is 21.4. The predicted octanol–water partition coefficient (Wildman–Crippen LogP) is 5.96. The van der Waals surface area contributed by atoms with Gasteiger partial charge >= 0.3 is 0 Å². The number of nitrogens with one attached hydrogen (secondary N) is 1. The van der Waals surface area contributed by atoms with Crippen LogP contribution in [-0.4, -0.2) is 101 Å². The Labute approximate surface area is 315 Å². The van der Waals surface area contributed by atoms with Gasteiger partial charge in [0.15, 0.2) is 6.29 Å². The first-order valence-electron chi connectivity index (χ1n) is 19.5. The molecule has 0 spiro atoms. The van der Waals surface area contributed by atoms with Crippen molar-refractivity contribution in [2.75, 3.05) is 58.4 Å². The van der Waals surface area contributed by atoms with E-state index >= 15 is 0 Å². The predicted molar refractivity (Wildman–Crippen MR) is 204 cm³/mol. The van der Waals surface area contributed by atoms with Gasteiger partial charge < -0.3 is 24.0 Å². The average Bonchev–Trinajstić information content (AvgIpc) is 3.11. The van der Waals surface area contributed by atoms with Gasteiger partial charge in [-0.15, -0.1) is 0 Å². The number of anilines is 1. The van der Waals surface area contributed by atoms with Crippen LogP contribution in [0.4, 0.5) is 5.69 Å². The highest BCUT2D eigenvalue weighted by atomic mass is 35.5. The molecule has 5 aliphatic rings. The SMILES string of the molecule is C[C@@H]1[C@@H](C)CCC[C@H]([C@H]2OC[C@@H](N3CC(N(C)C)C3)CO2)[C@@H]2CC[C@H]2CN2CCCCc3cc(Cl)ccc3COc3ccc(cc32)C(=O)NS1(=O)=O. The maximum atomic E-state index is 13.6. The lowest BCUT2D eigenvalue weighted by Gasteiger charge is -2.51. The zero-order valence-electron chi connectivity index (χ0n) is 31.3. The van der Waals surface area contributed by atoms with Crippen molar-refractivity contribution < 1.29 is 27.4 Å². The topological polar surface area (TPSA) is 101 Å². The summed E-state index contributed by atoms with van der Waals surface area (Å²) in [6.45, 7) is 9.13. The number of hydrogen-bond donors (Lipinski definition) is 1. The number of likely N-dealkylation sites (N-methyl/N-ethyl adjacent to an activating group) is 1. The zero-order valence-corrected chi connectivity index (χ0v) is 32.8. The van der Waals surface area contributed by atoms with E-state index in [1.165, 1.54) is 5.56 Å². The third kappa shape index (κ3) is 8.30. The van der Waals surface area contributed by atoms with E-state index in [9.17, 15) is 13.2 Å². The summed E-state index contributed by atoms with van der Waals surface area (Å²) in [5.74, 6) is 1.03. The standard InChI is InChI=1S/C40H57ClN4O6S/c1-26-8-7-10-36(40-50-24-34(25-51-40)45-21-33(22-45)43(3)4)35-15-12-30(35)20-44-17-6-5-9-28-18-32(41)14-11-31(28)23-49-38-16-13-29(19-37(38)44)39(46)42-52(47,48)27(26)2/h11,13-14,16,18-19,26-27,30,33-36,40H,5-10,12,15,17,20-25H2,1-4H3,(H,42,46)/t26-,27+,30-,34-,35+,36-,40+/m0/s1. The lowest BCUT2D eigenvalue weighted by Crippen LogP contribution is -2.64. The Bertz CT molecular complexity index is 1680. The molecule has 1 N–H and O–H groups in total. The number of likely N-dealkylation sites (tertiary alicyclic amines) is 1. The molecule has 12 heteroatoms. The maximum absolute atomic E-state index is 13.6. The Morgan fingerprint density at radius 3 is 2.40 bits per heavy atom. The minimum absolute atomic E-state index is 0.126. The van der Waals surface area contributed by atoms with Crippen molar-refractivity contribution in [3.05, 3.63) is 58.1 Å². The molecule has 7 rings (SSSR count). The van der Waals surface area contributed by atoms with Gasteiger partial charge in [-0.25, -0.2) is 13.1 Å². The fraction of sp³-hybridized carbons (Fsp3) is 0.675. The third-order valence-corrected chi connectivity index (χ3v) is 15.0. The summed E-state index contributed by atoms with van der Waals surface area (Å²) in [4.78, 5) is 20.7. The van der Waals surface area contributed by atoms with Crippen LogP contribution < -0.4 is 14.4 Å². The molecular weight excluding hydrogens is 700 g/mol. The van der Waals surface area contributed by atoms with Crippen LogP contribution in [0.5, 0.6) is 5.75 Å². The van der Waals surface area contributed by atoms with Gasteiger partial charge in [-0.3, -0.25) is 9.69 Å². The summed E-state index contributed by atoms with van der Waals surface area (Å²) in [7, 11) is 0.371. The van der Waals surface area contributed by atoms with E-state index in [0.29, 0.717) is 49.0 Å². The number of hydrogen-bond acceptors (Lipinski definition) is 9. The minimum Gasteiger partial charge on any atom is -0.487 e. The summed E-state index contributed by atoms with van der Waals surface area (Å²) >= 11 is 6.40. The number of halogens is 1. The third-order valence-electron chi connectivity index (χ3n) is 12.8. The minimum atomic E-state index is -3.91. The monoisotopic (exact) mass is 756 g/mol. The number of aryl methyl sites for hydroxylation is 1. The van der Waals surface area contributed by atoms with Gasteiger partial charge in [-0.2, -0.15) is 0 Å². The van der Waals surface area contributed by atoms with Crippen molar-refractivity contribution in [2.24, 2.45) is 23.7 Å². The van der Waals surface area contributed by atoms with E-state index in [4.69, 9.17) is 25.8 Å². The Morgan fingerprint density at radius 1 is 0.885 bits per heavy atom. The molecule has 0 unspecified atom stereocenters. The van der Waals surface area contributed by atoms with E-state index in [-0.39, 0.29) is 24.2 Å². The summed E-state index contributed by atoms with van der Waals surface area (Å²) in [5.41, 5.74) is 3.43. The van der Waals surface area contributed by atoms with Crippen molar-refractivity contribution in [3.8, 4) is 5.75 Å². The number of nitrogens with zero attached hydrogens (tertiary/aromatic N) is 3. The number of rotatable bonds is 3. The van der Waals surface area contributed by atoms with Gasteiger partial charge in [0.1, 0.15) is 12.4 Å². The van der Waals surface area contributed by atoms with E-state index in [0.717, 1.165) is 93.8 Å². The fourth-order valence-corrected chi connectivity index (χ4v) is 10.4. The molecule has 4 aliphatic heterocycles. The molecule has 1 saturated carbocycles. The van der Waals surface area contributed by atoms with Gasteiger partial charge in [0.2, 0.25) is 10.0 Å². The quantitative estimate of drug-likeness (QED) is 0.407. The number of carbonyl (C=O) groups is 1. The van der Waals surface area contributed by atoms with Gasteiger partial charge in [-0.1, -0.05) is 31.0 Å². The van der Waals surface area contributed by atoms with Gasteiger partial charge in [0.25, 0.3) is 5.91 Å². The fourth-order valence-electron chi connectivity index (χ4n) is 8.88. The van der Waals surface area contributed by atoms with E-state index in [1.807, 2.05) is 37.3 Å². The molecule has 4 heterocycles. The van der Waals surface area contributed by atoms with Gasteiger partial charge in [-0.05, 0) is 125 Å². The molecule has 2 aromatic rings. The van der Waals surface area contributed by atoms with Crippen molar-refractivity contribution in [1.29, 1.82) is 0 Å². The first-order chi connectivity index (χ1) is 25.0. The molecule has 286 valence electrons.